The highest BCUT2D eigenvalue weighted by atomic mass is 16.5. The van der Waals surface area contributed by atoms with Crippen molar-refractivity contribution in [3.05, 3.63) is 48.5 Å². The number of benzene rings is 2. The van der Waals surface area contributed by atoms with Gasteiger partial charge in [-0.15, -0.1) is 0 Å². The third-order valence-electron chi connectivity index (χ3n) is 5.06. The fraction of sp³-hybridized carbons (Fsp3) is 0.333. The van der Waals surface area contributed by atoms with Gasteiger partial charge in [0.05, 0.1) is 32.4 Å². The molecule has 28 heavy (non-hydrogen) atoms. The van der Waals surface area contributed by atoms with Gasteiger partial charge >= 0.3 is 0 Å². The molecule has 2 aliphatic rings. The summed E-state index contributed by atoms with van der Waals surface area (Å²) in [7, 11) is 1.57. The van der Waals surface area contributed by atoms with E-state index < -0.39 is 6.04 Å². The van der Waals surface area contributed by atoms with Gasteiger partial charge in [0.15, 0.2) is 0 Å². The molecule has 7 heteroatoms. The number of nitrogens with one attached hydrogen (secondary N) is 1. The number of hydrogen-bond acceptors (Lipinski definition) is 6. The van der Waals surface area contributed by atoms with Gasteiger partial charge in [0.25, 0.3) is 5.91 Å². The Bertz CT molecular complexity index is 845. The molecule has 0 spiro atoms. The summed E-state index contributed by atoms with van der Waals surface area (Å²) in [6.07, 6.45) is 0.135. The first-order chi connectivity index (χ1) is 13.7. The molecule has 1 N–H and O–H groups in total. The molecule has 2 saturated heterocycles. The Labute approximate surface area is 163 Å². The van der Waals surface area contributed by atoms with Crippen LogP contribution in [0.4, 0.5) is 17.1 Å². The van der Waals surface area contributed by atoms with Crippen molar-refractivity contribution in [2.24, 2.45) is 0 Å². The van der Waals surface area contributed by atoms with Crippen LogP contribution in [0.3, 0.4) is 0 Å². The lowest BCUT2D eigenvalue weighted by atomic mass is 10.2. The average molecular weight is 381 g/mol. The van der Waals surface area contributed by atoms with Crippen molar-refractivity contribution in [1.82, 2.24) is 0 Å². The van der Waals surface area contributed by atoms with Crippen molar-refractivity contribution in [2.75, 3.05) is 48.5 Å². The van der Waals surface area contributed by atoms with Crippen LogP contribution in [0.5, 0.6) is 5.75 Å². The lowest BCUT2D eigenvalue weighted by molar-refractivity contribution is -0.121. The summed E-state index contributed by atoms with van der Waals surface area (Å²) in [6.45, 7) is 3.22. The molecule has 2 aromatic carbocycles. The molecule has 0 radical (unpaired) electrons. The first-order valence-corrected chi connectivity index (χ1v) is 9.36. The predicted octanol–water partition coefficient (Wildman–Crippen LogP) is 2.28. The van der Waals surface area contributed by atoms with Crippen molar-refractivity contribution in [1.29, 1.82) is 0 Å². The monoisotopic (exact) mass is 381 g/mol. The lowest BCUT2D eigenvalue weighted by Gasteiger charge is -2.29. The van der Waals surface area contributed by atoms with E-state index in [1.165, 1.54) is 4.90 Å². The lowest BCUT2D eigenvalue weighted by Crippen LogP contribution is -2.36. The second-order valence-electron chi connectivity index (χ2n) is 6.81. The standard InChI is InChI=1S/C21H23N3O4/c1-27-18-8-6-17(7-9-18)24-20(25)14-19(21(24)26)22-15-2-4-16(5-3-15)23-10-12-28-13-11-23/h2-9,19,22H,10-14H2,1H3/t19-/m0/s1. The predicted molar refractivity (Wildman–Crippen MR) is 107 cm³/mol. The number of ether oxygens (including phenoxy) is 2. The molecule has 2 heterocycles. The molecule has 2 aliphatic heterocycles. The van der Waals surface area contributed by atoms with Gasteiger partial charge in [0.1, 0.15) is 11.8 Å². The van der Waals surface area contributed by atoms with Crippen molar-refractivity contribution in [3.8, 4) is 5.75 Å². The number of carbonyl (C=O) groups excluding carboxylic acids is 2. The van der Waals surface area contributed by atoms with Crippen LogP contribution in [0.1, 0.15) is 6.42 Å². The smallest absolute Gasteiger partial charge is 0.256 e. The Hall–Kier alpha value is -3.06. The number of methoxy groups -OCH3 is 1. The van der Waals surface area contributed by atoms with Gasteiger partial charge in [0, 0.05) is 24.5 Å². The van der Waals surface area contributed by atoms with Crippen molar-refractivity contribution < 1.29 is 19.1 Å². The van der Waals surface area contributed by atoms with Crippen molar-refractivity contribution in [3.63, 3.8) is 0 Å². The first kappa shape index (κ1) is 18.3. The number of nitrogens with zero attached hydrogens (tertiary/aromatic N) is 2. The summed E-state index contributed by atoms with van der Waals surface area (Å²) >= 11 is 0. The van der Waals surface area contributed by atoms with E-state index in [0.717, 1.165) is 37.7 Å². The van der Waals surface area contributed by atoms with E-state index in [0.29, 0.717) is 11.4 Å². The summed E-state index contributed by atoms with van der Waals surface area (Å²) in [6, 6.07) is 14.3. The van der Waals surface area contributed by atoms with Crippen LogP contribution >= 0.6 is 0 Å². The molecular formula is C21H23N3O4. The minimum atomic E-state index is -0.566. The molecule has 2 aromatic rings. The molecule has 0 aliphatic carbocycles. The number of anilines is 3. The summed E-state index contributed by atoms with van der Waals surface area (Å²) in [5, 5.41) is 3.19. The van der Waals surface area contributed by atoms with Crippen LogP contribution in [0.25, 0.3) is 0 Å². The fourth-order valence-corrected chi connectivity index (χ4v) is 3.54. The molecule has 2 amide bonds. The number of carbonyl (C=O) groups is 2. The summed E-state index contributed by atoms with van der Waals surface area (Å²) in [4.78, 5) is 28.7. The Balaban J connectivity index is 1.43. The number of imide groups is 1. The topological polar surface area (TPSA) is 71.1 Å². The van der Waals surface area contributed by atoms with Gasteiger partial charge < -0.3 is 19.7 Å². The van der Waals surface area contributed by atoms with Crippen LogP contribution in [0, 0.1) is 0 Å². The number of rotatable bonds is 5. The third kappa shape index (κ3) is 3.66. The van der Waals surface area contributed by atoms with E-state index >= 15 is 0 Å². The molecule has 0 saturated carbocycles. The SMILES string of the molecule is COc1ccc(N2C(=O)C[C@H](Nc3ccc(N4CCOCC4)cc3)C2=O)cc1. The molecule has 2 fully saturated rings. The van der Waals surface area contributed by atoms with Gasteiger partial charge in [-0.25, -0.2) is 4.90 Å². The van der Waals surface area contributed by atoms with E-state index in [1.54, 1.807) is 31.4 Å². The van der Waals surface area contributed by atoms with E-state index in [9.17, 15) is 9.59 Å². The quantitative estimate of drug-likeness (QED) is 0.802. The van der Waals surface area contributed by atoms with Gasteiger partial charge in [-0.3, -0.25) is 9.59 Å². The van der Waals surface area contributed by atoms with Crippen LogP contribution in [-0.4, -0.2) is 51.3 Å². The molecular weight excluding hydrogens is 358 g/mol. The van der Waals surface area contributed by atoms with Gasteiger partial charge in [-0.1, -0.05) is 0 Å². The van der Waals surface area contributed by atoms with E-state index in [4.69, 9.17) is 9.47 Å². The second-order valence-corrected chi connectivity index (χ2v) is 6.81. The Morgan fingerprint density at radius 3 is 2.25 bits per heavy atom. The van der Waals surface area contributed by atoms with Crippen LogP contribution in [0.15, 0.2) is 48.5 Å². The second kappa shape index (κ2) is 7.90. The van der Waals surface area contributed by atoms with Crippen LogP contribution in [0.2, 0.25) is 0 Å². The van der Waals surface area contributed by atoms with E-state index in [2.05, 4.69) is 10.2 Å². The average Bonchev–Trinajstić information content (AvgIpc) is 3.02. The highest BCUT2D eigenvalue weighted by molar-refractivity contribution is 6.23. The molecule has 1 atom stereocenters. The van der Waals surface area contributed by atoms with Crippen LogP contribution in [-0.2, 0) is 14.3 Å². The molecule has 7 nitrogen and oxygen atoms in total. The van der Waals surface area contributed by atoms with E-state index in [-0.39, 0.29) is 18.2 Å². The zero-order chi connectivity index (χ0) is 19.5. The number of morpholine rings is 1. The molecule has 146 valence electrons. The van der Waals surface area contributed by atoms with Gasteiger partial charge in [-0.2, -0.15) is 0 Å². The summed E-state index contributed by atoms with van der Waals surface area (Å²) in [5.74, 6) is 0.225. The van der Waals surface area contributed by atoms with Crippen molar-refractivity contribution in [2.45, 2.75) is 12.5 Å². The zero-order valence-corrected chi connectivity index (χ0v) is 15.8. The minimum absolute atomic E-state index is 0.135. The first-order valence-electron chi connectivity index (χ1n) is 9.36. The number of hydrogen-bond donors (Lipinski definition) is 1. The molecule has 0 unspecified atom stereocenters. The number of amides is 2. The summed E-state index contributed by atoms with van der Waals surface area (Å²) < 4.78 is 10.5. The molecule has 0 bridgehead atoms. The Morgan fingerprint density at radius 2 is 1.61 bits per heavy atom. The largest absolute Gasteiger partial charge is 0.497 e. The Kier molecular flexibility index (Phi) is 5.16. The maximum Gasteiger partial charge on any atom is 0.256 e. The highest BCUT2D eigenvalue weighted by Gasteiger charge is 2.39. The molecule has 0 aromatic heterocycles. The van der Waals surface area contributed by atoms with E-state index in [1.807, 2.05) is 24.3 Å². The zero-order valence-electron chi connectivity index (χ0n) is 15.8. The molecule has 4 rings (SSSR count). The maximum atomic E-state index is 12.8. The van der Waals surface area contributed by atoms with Crippen molar-refractivity contribution >= 4 is 28.9 Å². The van der Waals surface area contributed by atoms with Crippen LogP contribution < -0.4 is 19.9 Å². The van der Waals surface area contributed by atoms with Gasteiger partial charge in [-0.05, 0) is 48.5 Å². The fourth-order valence-electron chi connectivity index (χ4n) is 3.54. The maximum absolute atomic E-state index is 12.8. The summed E-state index contributed by atoms with van der Waals surface area (Å²) in [5.41, 5.74) is 2.50. The normalized spacial score (nSPS) is 19.8. The highest BCUT2D eigenvalue weighted by Crippen LogP contribution is 2.27. The minimum Gasteiger partial charge on any atom is -0.497 e. The Morgan fingerprint density at radius 1 is 0.964 bits per heavy atom. The third-order valence-corrected chi connectivity index (χ3v) is 5.06. The van der Waals surface area contributed by atoms with Gasteiger partial charge in [0.2, 0.25) is 5.91 Å².